The number of hydrogen-bond donors (Lipinski definition) is 1. The van der Waals surface area contributed by atoms with Gasteiger partial charge in [-0.2, -0.15) is 0 Å². The van der Waals surface area contributed by atoms with Gasteiger partial charge < -0.3 is 9.88 Å². The lowest BCUT2D eigenvalue weighted by Gasteiger charge is -2.29. The average molecular weight is 349 g/mol. The van der Waals surface area contributed by atoms with E-state index in [1.807, 2.05) is 24.5 Å². The van der Waals surface area contributed by atoms with Crippen LogP contribution in [0.5, 0.6) is 0 Å². The molecular weight excluding hydrogens is 320 g/mol. The summed E-state index contributed by atoms with van der Waals surface area (Å²) >= 11 is 1.47. The quantitative estimate of drug-likeness (QED) is 0.607. The second-order valence-corrected chi connectivity index (χ2v) is 8.63. The van der Waals surface area contributed by atoms with Gasteiger partial charge in [-0.1, -0.05) is 24.3 Å². The molecule has 0 radical (unpaired) electrons. The number of nitrogens with zero attached hydrogens (tertiary/aromatic N) is 3. The zero-order valence-corrected chi connectivity index (χ0v) is 15.7. The van der Waals surface area contributed by atoms with Gasteiger partial charge in [-0.05, 0) is 57.8 Å². The molecule has 1 N–H and O–H groups in total. The Morgan fingerprint density at radius 2 is 2.21 bits per heavy atom. The van der Waals surface area contributed by atoms with Gasteiger partial charge in [0, 0.05) is 12.6 Å². The van der Waals surface area contributed by atoms with Crippen molar-refractivity contribution < 1.29 is 4.79 Å². The van der Waals surface area contributed by atoms with E-state index < -0.39 is 0 Å². The van der Waals surface area contributed by atoms with E-state index in [4.69, 9.17) is 0 Å². The number of amides is 1. The zero-order valence-electron chi connectivity index (χ0n) is 14.9. The van der Waals surface area contributed by atoms with Gasteiger partial charge in [0.05, 0.1) is 5.25 Å². The van der Waals surface area contributed by atoms with Crippen molar-refractivity contribution in [3.8, 4) is 0 Å². The van der Waals surface area contributed by atoms with Gasteiger partial charge in [-0.25, -0.2) is 0 Å². The minimum absolute atomic E-state index is 0.0982. The van der Waals surface area contributed by atoms with Crippen LogP contribution in [0.2, 0.25) is 0 Å². The molecule has 5 nitrogen and oxygen atoms in total. The van der Waals surface area contributed by atoms with Crippen molar-refractivity contribution in [3.05, 3.63) is 18.5 Å². The SMILES string of the molecule is C=CCn1c(C)nnc1SC(C)C(=O)NC(C)C1CC2CCC1C2. The molecule has 1 heterocycles. The molecule has 24 heavy (non-hydrogen) atoms. The number of carbonyl (C=O) groups excluding carboxylic acids is 1. The Morgan fingerprint density at radius 1 is 1.42 bits per heavy atom. The summed E-state index contributed by atoms with van der Waals surface area (Å²) in [4.78, 5) is 12.6. The van der Waals surface area contributed by atoms with Crippen molar-refractivity contribution >= 4 is 17.7 Å². The number of aromatic nitrogens is 3. The Balaban J connectivity index is 1.56. The summed E-state index contributed by atoms with van der Waals surface area (Å²) in [7, 11) is 0. The van der Waals surface area contributed by atoms with E-state index in [0.717, 1.165) is 22.8 Å². The fourth-order valence-electron chi connectivity index (χ4n) is 4.35. The predicted molar refractivity (Wildman–Crippen MR) is 96.8 cm³/mol. The normalized spacial score (nSPS) is 27.9. The van der Waals surface area contributed by atoms with Gasteiger partial charge in [-0.15, -0.1) is 16.8 Å². The number of allylic oxidation sites excluding steroid dienone is 1. The molecule has 0 saturated heterocycles. The van der Waals surface area contributed by atoms with E-state index in [9.17, 15) is 4.79 Å². The monoisotopic (exact) mass is 348 g/mol. The molecule has 132 valence electrons. The summed E-state index contributed by atoms with van der Waals surface area (Å²) in [6.07, 6.45) is 7.23. The van der Waals surface area contributed by atoms with Crippen molar-refractivity contribution in [1.82, 2.24) is 20.1 Å². The second kappa shape index (κ2) is 7.30. The molecule has 0 aromatic carbocycles. The van der Waals surface area contributed by atoms with Crippen LogP contribution in [0.3, 0.4) is 0 Å². The molecular formula is C18H28N4OS. The number of fused-ring (bicyclic) bond motifs is 2. The third-order valence-electron chi connectivity index (χ3n) is 5.67. The van der Waals surface area contributed by atoms with Crippen molar-refractivity contribution in [1.29, 1.82) is 0 Å². The van der Waals surface area contributed by atoms with Crippen LogP contribution in [0.15, 0.2) is 17.8 Å². The molecule has 1 amide bonds. The molecule has 5 unspecified atom stereocenters. The van der Waals surface area contributed by atoms with Crippen LogP contribution < -0.4 is 5.32 Å². The Hall–Kier alpha value is -1.30. The summed E-state index contributed by atoms with van der Waals surface area (Å²) in [5, 5.41) is 12.1. The minimum atomic E-state index is -0.182. The first-order valence-corrected chi connectivity index (χ1v) is 9.85. The molecule has 1 aromatic rings. The maximum absolute atomic E-state index is 12.6. The highest BCUT2D eigenvalue weighted by Gasteiger charge is 2.42. The first-order valence-electron chi connectivity index (χ1n) is 8.97. The van der Waals surface area contributed by atoms with Crippen LogP contribution in [0.4, 0.5) is 0 Å². The summed E-state index contributed by atoms with van der Waals surface area (Å²) in [5.74, 6) is 3.34. The molecule has 0 spiro atoms. The number of aryl methyl sites for hydroxylation is 1. The van der Waals surface area contributed by atoms with Crippen molar-refractivity contribution in [3.63, 3.8) is 0 Å². The van der Waals surface area contributed by atoms with Gasteiger partial charge >= 0.3 is 0 Å². The molecule has 6 heteroatoms. The number of hydrogen-bond acceptors (Lipinski definition) is 4. The van der Waals surface area contributed by atoms with Crippen LogP contribution in [0.1, 0.15) is 45.4 Å². The first-order chi connectivity index (χ1) is 11.5. The summed E-state index contributed by atoms with van der Waals surface area (Å²) in [5.41, 5.74) is 0. The first kappa shape index (κ1) is 17.5. The second-order valence-electron chi connectivity index (χ2n) is 7.33. The fourth-order valence-corrected chi connectivity index (χ4v) is 5.27. The largest absolute Gasteiger partial charge is 0.352 e. The Bertz CT molecular complexity index is 614. The number of nitrogens with one attached hydrogen (secondary N) is 1. The average Bonchev–Trinajstić information content (AvgIpc) is 3.26. The van der Waals surface area contributed by atoms with Crippen LogP contribution in [-0.2, 0) is 11.3 Å². The topological polar surface area (TPSA) is 59.8 Å². The van der Waals surface area contributed by atoms with Crippen LogP contribution in [0.25, 0.3) is 0 Å². The Labute approximate surface area is 148 Å². The lowest BCUT2D eigenvalue weighted by molar-refractivity contribution is -0.121. The molecule has 2 saturated carbocycles. The third-order valence-corrected chi connectivity index (χ3v) is 6.75. The van der Waals surface area contributed by atoms with Crippen molar-refractivity contribution in [2.24, 2.45) is 17.8 Å². The molecule has 5 atom stereocenters. The molecule has 2 aliphatic rings. The van der Waals surface area contributed by atoms with E-state index in [2.05, 4.69) is 29.0 Å². The molecule has 2 fully saturated rings. The highest BCUT2D eigenvalue weighted by atomic mass is 32.2. The standard InChI is InChI=1S/C18H28N4OS/c1-5-8-22-13(4)20-21-18(22)24-12(3)17(23)19-11(2)16-10-14-6-7-15(16)9-14/h5,11-12,14-16H,1,6-10H2,2-4H3,(H,19,23). The van der Waals surface area contributed by atoms with Gasteiger partial charge in [0.15, 0.2) is 5.16 Å². The molecule has 2 aliphatic carbocycles. The number of carbonyl (C=O) groups is 1. The number of rotatable bonds is 7. The van der Waals surface area contributed by atoms with Crippen LogP contribution in [-0.4, -0.2) is 32.0 Å². The molecule has 0 aliphatic heterocycles. The van der Waals surface area contributed by atoms with E-state index in [0.29, 0.717) is 12.5 Å². The summed E-state index contributed by atoms with van der Waals surface area (Å²) in [6.45, 7) is 10.5. The van der Waals surface area contributed by atoms with E-state index in [1.54, 1.807) is 0 Å². The Kier molecular flexibility index (Phi) is 5.33. The fraction of sp³-hybridized carbons (Fsp3) is 0.722. The third kappa shape index (κ3) is 3.53. The zero-order chi connectivity index (χ0) is 17.3. The molecule has 1 aromatic heterocycles. The predicted octanol–water partition coefficient (Wildman–Crippen LogP) is 3.19. The smallest absolute Gasteiger partial charge is 0.233 e. The summed E-state index contributed by atoms with van der Waals surface area (Å²) < 4.78 is 1.99. The van der Waals surface area contributed by atoms with E-state index in [-0.39, 0.29) is 17.2 Å². The van der Waals surface area contributed by atoms with Gasteiger partial charge in [0.2, 0.25) is 5.91 Å². The van der Waals surface area contributed by atoms with Gasteiger partial charge in [0.25, 0.3) is 0 Å². The minimum Gasteiger partial charge on any atom is -0.352 e. The maximum atomic E-state index is 12.6. The van der Waals surface area contributed by atoms with Crippen LogP contribution in [0, 0.1) is 24.7 Å². The lowest BCUT2D eigenvalue weighted by Crippen LogP contribution is -2.43. The van der Waals surface area contributed by atoms with Crippen molar-refractivity contribution in [2.75, 3.05) is 0 Å². The highest BCUT2D eigenvalue weighted by molar-refractivity contribution is 8.00. The van der Waals surface area contributed by atoms with Crippen molar-refractivity contribution in [2.45, 2.75) is 69.4 Å². The van der Waals surface area contributed by atoms with Gasteiger partial charge in [-0.3, -0.25) is 4.79 Å². The summed E-state index contributed by atoms with van der Waals surface area (Å²) in [6, 6.07) is 0.267. The maximum Gasteiger partial charge on any atom is 0.233 e. The molecule has 3 rings (SSSR count). The van der Waals surface area contributed by atoms with E-state index >= 15 is 0 Å². The van der Waals surface area contributed by atoms with Gasteiger partial charge in [0.1, 0.15) is 5.82 Å². The lowest BCUT2D eigenvalue weighted by atomic mass is 9.84. The van der Waals surface area contributed by atoms with Crippen LogP contribution >= 0.6 is 11.8 Å². The molecule has 2 bridgehead atoms. The Morgan fingerprint density at radius 3 is 2.83 bits per heavy atom. The number of thioether (sulfide) groups is 1. The highest BCUT2D eigenvalue weighted by Crippen LogP contribution is 2.49. The van der Waals surface area contributed by atoms with E-state index in [1.165, 1.54) is 37.4 Å².